The maximum absolute atomic E-state index is 8.99. The van der Waals surface area contributed by atoms with Gasteiger partial charge in [-0.3, -0.25) is 0 Å². The molecule has 0 fully saturated rings. The molecule has 1 aromatic heterocycles. The van der Waals surface area contributed by atoms with E-state index in [1.165, 1.54) is 0 Å². The second kappa shape index (κ2) is 8.50. The molecule has 1 heterocycles. The highest BCUT2D eigenvalue weighted by atomic mass is 16.5. The van der Waals surface area contributed by atoms with Crippen LogP contribution in [0, 0.1) is 11.3 Å². The molecule has 0 spiro atoms. The smallest absolute Gasteiger partial charge is 0.121 e. The minimum atomic E-state index is 0.505. The first-order valence-corrected chi connectivity index (χ1v) is 9.43. The third-order valence-electron chi connectivity index (χ3n) is 4.79. The number of hydrogen-bond donors (Lipinski definition) is 0. The molecule has 4 aromatic rings. The number of ether oxygens (including phenoxy) is 2. The van der Waals surface area contributed by atoms with Gasteiger partial charge in [-0.25, -0.2) is 0 Å². The summed E-state index contributed by atoms with van der Waals surface area (Å²) in [6, 6.07) is 25.1. The Morgan fingerprint density at radius 3 is 1.60 bits per heavy atom. The fraction of sp³-hybridized carbons (Fsp3) is 0.125. The monoisotopic (exact) mass is 396 g/mol. The van der Waals surface area contributed by atoms with Crippen molar-refractivity contribution in [1.29, 1.82) is 5.26 Å². The highest BCUT2D eigenvalue weighted by Crippen LogP contribution is 2.31. The third-order valence-corrected chi connectivity index (χ3v) is 4.79. The van der Waals surface area contributed by atoms with Crippen molar-refractivity contribution in [3.8, 4) is 40.1 Å². The second-order valence-electron chi connectivity index (χ2n) is 6.69. The van der Waals surface area contributed by atoms with Crippen LogP contribution in [0.15, 0.2) is 72.8 Å². The molecule has 0 aliphatic carbocycles. The Bertz CT molecular complexity index is 1110. The normalized spacial score (nSPS) is 10.4. The predicted molar refractivity (Wildman–Crippen MR) is 114 cm³/mol. The van der Waals surface area contributed by atoms with Crippen molar-refractivity contribution in [1.82, 2.24) is 15.0 Å². The largest absolute Gasteiger partial charge is 0.497 e. The topological polar surface area (TPSA) is 73.0 Å². The Morgan fingerprint density at radius 1 is 0.733 bits per heavy atom. The van der Waals surface area contributed by atoms with Crippen LogP contribution in [0.4, 0.5) is 0 Å². The Balaban J connectivity index is 1.74. The van der Waals surface area contributed by atoms with E-state index in [0.717, 1.165) is 39.6 Å². The highest BCUT2D eigenvalue weighted by Gasteiger charge is 2.16. The zero-order valence-electron chi connectivity index (χ0n) is 16.7. The molecule has 6 nitrogen and oxygen atoms in total. The molecule has 0 N–H and O–H groups in total. The fourth-order valence-electron chi connectivity index (χ4n) is 3.15. The van der Waals surface area contributed by atoms with Gasteiger partial charge in [0.05, 0.1) is 32.4 Å². The van der Waals surface area contributed by atoms with E-state index in [4.69, 9.17) is 24.9 Å². The fourth-order valence-corrected chi connectivity index (χ4v) is 3.15. The van der Waals surface area contributed by atoms with Gasteiger partial charge in [-0.1, -0.05) is 12.1 Å². The summed E-state index contributed by atoms with van der Waals surface area (Å²) in [5.74, 6) is 1.57. The lowest BCUT2D eigenvalue weighted by Crippen LogP contribution is -2.04. The lowest BCUT2D eigenvalue weighted by Gasteiger charge is -2.04. The van der Waals surface area contributed by atoms with E-state index < -0.39 is 0 Å². The molecule has 0 saturated carbocycles. The van der Waals surface area contributed by atoms with Crippen molar-refractivity contribution in [2.24, 2.45) is 0 Å². The van der Waals surface area contributed by atoms with Crippen LogP contribution in [0.2, 0.25) is 0 Å². The first-order valence-electron chi connectivity index (χ1n) is 9.43. The second-order valence-corrected chi connectivity index (χ2v) is 6.69. The van der Waals surface area contributed by atoms with E-state index in [-0.39, 0.29) is 0 Å². The van der Waals surface area contributed by atoms with Crippen LogP contribution >= 0.6 is 0 Å². The van der Waals surface area contributed by atoms with Gasteiger partial charge in [0.25, 0.3) is 0 Å². The summed E-state index contributed by atoms with van der Waals surface area (Å²) in [4.78, 5) is 1.68. The van der Waals surface area contributed by atoms with Crippen molar-refractivity contribution in [3.05, 3.63) is 83.9 Å². The van der Waals surface area contributed by atoms with Crippen molar-refractivity contribution in [2.45, 2.75) is 6.54 Å². The van der Waals surface area contributed by atoms with Crippen molar-refractivity contribution in [2.75, 3.05) is 14.2 Å². The average molecular weight is 396 g/mol. The molecule has 0 bridgehead atoms. The Labute approximate surface area is 174 Å². The minimum Gasteiger partial charge on any atom is -0.497 e. The van der Waals surface area contributed by atoms with Gasteiger partial charge in [0, 0.05) is 11.1 Å². The molecular formula is C24H20N4O2. The van der Waals surface area contributed by atoms with E-state index in [1.807, 2.05) is 60.7 Å². The molecule has 0 aliphatic rings. The molecule has 0 aliphatic heterocycles. The Hall–Kier alpha value is -4.11. The summed E-state index contributed by atoms with van der Waals surface area (Å²) >= 11 is 0. The molecule has 4 rings (SSSR count). The minimum absolute atomic E-state index is 0.505. The molecule has 148 valence electrons. The Kier molecular flexibility index (Phi) is 5.44. The molecule has 0 saturated heterocycles. The summed E-state index contributed by atoms with van der Waals surface area (Å²) in [5, 5.41) is 18.5. The number of methoxy groups -OCH3 is 2. The van der Waals surface area contributed by atoms with Crippen LogP contribution in [0.25, 0.3) is 22.5 Å². The number of nitrogens with zero attached hydrogens (tertiary/aromatic N) is 4. The summed E-state index contributed by atoms with van der Waals surface area (Å²) in [5.41, 5.74) is 5.13. The number of hydrogen-bond acceptors (Lipinski definition) is 5. The summed E-state index contributed by atoms with van der Waals surface area (Å²) in [6.07, 6.45) is 0. The van der Waals surface area contributed by atoms with Crippen molar-refractivity contribution >= 4 is 0 Å². The van der Waals surface area contributed by atoms with Gasteiger partial charge in [0.1, 0.15) is 22.9 Å². The van der Waals surface area contributed by atoms with E-state index in [9.17, 15) is 0 Å². The summed E-state index contributed by atoms with van der Waals surface area (Å²) < 4.78 is 10.5. The summed E-state index contributed by atoms with van der Waals surface area (Å²) in [7, 11) is 3.29. The first kappa shape index (κ1) is 19.2. The summed E-state index contributed by atoms with van der Waals surface area (Å²) in [6.45, 7) is 0.505. The maximum Gasteiger partial charge on any atom is 0.121 e. The standard InChI is InChI=1S/C24H20N4O2/c1-29-21-11-7-19(8-12-21)23-24(20-9-13-22(30-2)14-10-20)27-28(26-23)16-18-5-3-17(15-25)4-6-18/h3-14H,16H2,1-2H3. The van der Waals surface area contributed by atoms with Gasteiger partial charge in [0.15, 0.2) is 0 Å². The number of rotatable bonds is 6. The van der Waals surface area contributed by atoms with Crippen LogP contribution in [0.5, 0.6) is 11.5 Å². The van der Waals surface area contributed by atoms with Gasteiger partial charge >= 0.3 is 0 Å². The number of benzene rings is 3. The lowest BCUT2D eigenvalue weighted by molar-refractivity contribution is 0.414. The van der Waals surface area contributed by atoms with E-state index in [2.05, 4.69) is 6.07 Å². The van der Waals surface area contributed by atoms with E-state index in [0.29, 0.717) is 12.1 Å². The van der Waals surface area contributed by atoms with Crippen LogP contribution in [-0.2, 0) is 6.54 Å². The molecule has 6 heteroatoms. The van der Waals surface area contributed by atoms with Crippen LogP contribution in [-0.4, -0.2) is 29.2 Å². The SMILES string of the molecule is COc1ccc(-c2nn(Cc3ccc(C#N)cc3)nc2-c2ccc(OC)cc2)cc1. The molecule has 0 atom stereocenters. The molecule has 0 amide bonds. The third kappa shape index (κ3) is 4.01. The zero-order valence-corrected chi connectivity index (χ0v) is 16.7. The molecule has 0 unspecified atom stereocenters. The van der Waals surface area contributed by atoms with Crippen molar-refractivity contribution < 1.29 is 9.47 Å². The quantitative estimate of drug-likeness (QED) is 0.478. The van der Waals surface area contributed by atoms with Gasteiger partial charge in [-0.15, -0.1) is 0 Å². The van der Waals surface area contributed by atoms with E-state index >= 15 is 0 Å². The van der Waals surface area contributed by atoms with Gasteiger partial charge in [0.2, 0.25) is 0 Å². The van der Waals surface area contributed by atoms with Crippen LogP contribution < -0.4 is 9.47 Å². The van der Waals surface area contributed by atoms with E-state index in [1.54, 1.807) is 31.1 Å². The highest BCUT2D eigenvalue weighted by molar-refractivity contribution is 5.78. The maximum atomic E-state index is 8.99. The number of aromatic nitrogens is 3. The first-order chi connectivity index (χ1) is 14.7. The molecule has 30 heavy (non-hydrogen) atoms. The van der Waals surface area contributed by atoms with Gasteiger partial charge in [-0.2, -0.15) is 20.3 Å². The van der Waals surface area contributed by atoms with Crippen molar-refractivity contribution in [3.63, 3.8) is 0 Å². The Morgan fingerprint density at radius 2 is 1.20 bits per heavy atom. The molecular weight excluding hydrogens is 376 g/mol. The zero-order chi connectivity index (χ0) is 20.9. The van der Waals surface area contributed by atoms with Crippen LogP contribution in [0.1, 0.15) is 11.1 Å². The van der Waals surface area contributed by atoms with Crippen LogP contribution in [0.3, 0.4) is 0 Å². The average Bonchev–Trinajstić information content (AvgIpc) is 3.23. The molecule has 3 aromatic carbocycles. The van der Waals surface area contributed by atoms with Gasteiger partial charge < -0.3 is 9.47 Å². The number of nitriles is 1. The molecule has 0 radical (unpaired) electrons. The lowest BCUT2D eigenvalue weighted by atomic mass is 10.0. The van der Waals surface area contributed by atoms with Gasteiger partial charge in [-0.05, 0) is 66.2 Å². The predicted octanol–water partition coefficient (Wildman–Crippen LogP) is 4.55.